The molecule has 0 saturated carbocycles. The van der Waals surface area contributed by atoms with E-state index in [1.54, 1.807) is 36.3 Å². The molecular weight excluding hydrogens is 440 g/mol. The molecule has 3 aromatic heterocycles. The quantitative estimate of drug-likeness (QED) is 0.266. The highest BCUT2D eigenvalue weighted by Crippen LogP contribution is 2.30. The monoisotopic (exact) mass is 460 g/mol. The number of benzene rings is 2. The highest BCUT2D eigenvalue weighted by atomic mass is 35.5. The Balaban J connectivity index is 1.47. The molecule has 0 unspecified atom stereocenters. The molecule has 3 heterocycles. The van der Waals surface area contributed by atoms with E-state index in [2.05, 4.69) is 33.7 Å². The first-order valence-corrected chi connectivity index (χ1v) is 10.7. The standard InChI is InChI=1S/C24H21ClN6O2/c1-15-16(2)31(19-5-4-6-20(11-19)32-3)23-22(15)24-28-21(29-30(24)14-26-23)13-33-27-12-17-7-9-18(25)10-8-17/h4-12,14H,13H2,1-3H3. The molecule has 0 atom stereocenters. The molecule has 0 aliphatic rings. The third-order valence-corrected chi connectivity index (χ3v) is 5.78. The molecule has 2 aromatic carbocycles. The molecule has 5 rings (SSSR count). The average molecular weight is 461 g/mol. The second kappa shape index (κ2) is 8.55. The van der Waals surface area contributed by atoms with Crippen LogP contribution >= 0.6 is 11.6 Å². The van der Waals surface area contributed by atoms with Crippen molar-refractivity contribution in [2.45, 2.75) is 20.5 Å². The number of ether oxygens (including phenoxy) is 1. The highest BCUT2D eigenvalue weighted by Gasteiger charge is 2.19. The van der Waals surface area contributed by atoms with Crippen molar-refractivity contribution in [2.75, 3.05) is 7.11 Å². The minimum absolute atomic E-state index is 0.141. The van der Waals surface area contributed by atoms with Crippen molar-refractivity contribution >= 4 is 34.5 Å². The molecule has 0 amide bonds. The Bertz CT molecular complexity index is 1490. The smallest absolute Gasteiger partial charge is 0.192 e. The Hall–Kier alpha value is -3.91. The lowest BCUT2D eigenvalue weighted by molar-refractivity contribution is 0.126. The van der Waals surface area contributed by atoms with Gasteiger partial charge in [0.1, 0.15) is 12.1 Å². The van der Waals surface area contributed by atoms with Crippen molar-refractivity contribution in [1.82, 2.24) is 24.1 Å². The van der Waals surface area contributed by atoms with E-state index in [0.717, 1.165) is 44.9 Å². The fourth-order valence-corrected chi connectivity index (χ4v) is 3.90. The van der Waals surface area contributed by atoms with Gasteiger partial charge in [0, 0.05) is 16.8 Å². The number of oxime groups is 1. The first-order chi connectivity index (χ1) is 16.0. The first-order valence-electron chi connectivity index (χ1n) is 10.3. The van der Waals surface area contributed by atoms with Gasteiger partial charge in [-0.2, -0.15) is 0 Å². The summed E-state index contributed by atoms with van der Waals surface area (Å²) in [5.41, 5.74) is 5.56. The molecule has 9 heteroatoms. The van der Waals surface area contributed by atoms with Crippen molar-refractivity contribution in [3.63, 3.8) is 0 Å². The van der Waals surface area contributed by atoms with E-state index in [1.165, 1.54) is 0 Å². The molecule has 33 heavy (non-hydrogen) atoms. The zero-order valence-electron chi connectivity index (χ0n) is 18.4. The Kier molecular flexibility index (Phi) is 5.43. The molecule has 166 valence electrons. The molecule has 0 saturated heterocycles. The molecule has 8 nitrogen and oxygen atoms in total. The van der Waals surface area contributed by atoms with Gasteiger partial charge in [0.05, 0.1) is 24.4 Å². The van der Waals surface area contributed by atoms with Crippen LogP contribution in [0.5, 0.6) is 5.75 Å². The Morgan fingerprint density at radius 3 is 2.70 bits per heavy atom. The summed E-state index contributed by atoms with van der Waals surface area (Å²) in [6.07, 6.45) is 3.29. The fraction of sp³-hybridized carbons (Fsp3) is 0.167. The second-order valence-corrected chi connectivity index (χ2v) is 7.98. The van der Waals surface area contributed by atoms with E-state index in [9.17, 15) is 0 Å². The van der Waals surface area contributed by atoms with Gasteiger partial charge < -0.3 is 9.57 Å². The van der Waals surface area contributed by atoms with Crippen LogP contribution in [0.2, 0.25) is 5.02 Å². The van der Waals surface area contributed by atoms with Crippen molar-refractivity contribution in [1.29, 1.82) is 0 Å². The first kappa shape index (κ1) is 21.0. The number of aromatic nitrogens is 5. The van der Waals surface area contributed by atoms with Gasteiger partial charge in [0.15, 0.2) is 23.7 Å². The minimum atomic E-state index is 0.141. The number of nitrogens with zero attached hydrogens (tertiary/aromatic N) is 6. The van der Waals surface area contributed by atoms with Gasteiger partial charge in [-0.3, -0.25) is 4.57 Å². The number of hydrogen-bond donors (Lipinski definition) is 0. The Morgan fingerprint density at radius 2 is 1.91 bits per heavy atom. The van der Waals surface area contributed by atoms with E-state index < -0.39 is 0 Å². The van der Waals surface area contributed by atoms with Crippen molar-refractivity contribution < 1.29 is 9.57 Å². The molecule has 0 N–H and O–H groups in total. The Morgan fingerprint density at radius 1 is 1.09 bits per heavy atom. The van der Waals surface area contributed by atoms with E-state index >= 15 is 0 Å². The molecule has 0 bridgehead atoms. The van der Waals surface area contributed by atoms with Crippen LogP contribution in [0.1, 0.15) is 22.6 Å². The largest absolute Gasteiger partial charge is 0.497 e. The van der Waals surface area contributed by atoms with Crippen LogP contribution in [-0.2, 0) is 11.4 Å². The summed E-state index contributed by atoms with van der Waals surface area (Å²) < 4.78 is 9.18. The van der Waals surface area contributed by atoms with Crippen molar-refractivity contribution in [3.05, 3.63) is 82.5 Å². The van der Waals surface area contributed by atoms with Crippen LogP contribution in [-0.4, -0.2) is 37.5 Å². The van der Waals surface area contributed by atoms with Gasteiger partial charge >= 0.3 is 0 Å². The number of methoxy groups -OCH3 is 1. The van der Waals surface area contributed by atoms with Gasteiger partial charge in [0.2, 0.25) is 0 Å². The third-order valence-electron chi connectivity index (χ3n) is 5.53. The van der Waals surface area contributed by atoms with Crippen molar-refractivity contribution in [2.24, 2.45) is 5.16 Å². The topological polar surface area (TPSA) is 78.8 Å². The molecule has 0 aliphatic heterocycles. The lowest BCUT2D eigenvalue weighted by Gasteiger charge is -2.09. The number of hydrogen-bond acceptors (Lipinski definition) is 6. The number of rotatable bonds is 6. The van der Waals surface area contributed by atoms with E-state index in [1.807, 2.05) is 36.4 Å². The van der Waals surface area contributed by atoms with Crippen LogP contribution in [0, 0.1) is 13.8 Å². The van der Waals surface area contributed by atoms with E-state index in [4.69, 9.17) is 26.2 Å². The summed E-state index contributed by atoms with van der Waals surface area (Å²) in [7, 11) is 1.66. The van der Waals surface area contributed by atoms with Crippen LogP contribution in [0.25, 0.3) is 22.4 Å². The van der Waals surface area contributed by atoms with Gasteiger partial charge in [-0.15, -0.1) is 5.10 Å². The lowest BCUT2D eigenvalue weighted by atomic mass is 10.2. The summed E-state index contributed by atoms with van der Waals surface area (Å²) in [5, 5.41) is 10.1. The molecule has 0 fully saturated rings. The second-order valence-electron chi connectivity index (χ2n) is 7.55. The van der Waals surface area contributed by atoms with E-state index in [0.29, 0.717) is 10.8 Å². The SMILES string of the molecule is COc1cccc(-n2c(C)c(C)c3c2ncn2nc(CON=Cc4ccc(Cl)cc4)nc32)c1. The molecule has 0 radical (unpaired) electrons. The fourth-order valence-electron chi connectivity index (χ4n) is 3.77. The summed E-state index contributed by atoms with van der Waals surface area (Å²) >= 11 is 5.90. The number of fused-ring (bicyclic) bond motifs is 3. The zero-order valence-corrected chi connectivity index (χ0v) is 19.1. The maximum absolute atomic E-state index is 5.90. The van der Waals surface area contributed by atoms with Crippen molar-refractivity contribution in [3.8, 4) is 11.4 Å². The van der Waals surface area contributed by atoms with Crippen LogP contribution in [0.4, 0.5) is 0 Å². The van der Waals surface area contributed by atoms with Gasteiger partial charge in [-0.1, -0.05) is 35.0 Å². The normalized spacial score (nSPS) is 11.6. The lowest BCUT2D eigenvalue weighted by Crippen LogP contribution is -1.99. The summed E-state index contributed by atoms with van der Waals surface area (Å²) in [4.78, 5) is 14.8. The van der Waals surface area contributed by atoms with E-state index in [-0.39, 0.29) is 6.61 Å². The third kappa shape index (κ3) is 3.89. The summed E-state index contributed by atoms with van der Waals surface area (Å²) in [6, 6.07) is 15.2. The van der Waals surface area contributed by atoms with Crippen LogP contribution < -0.4 is 4.74 Å². The number of aryl methyl sites for hydroxylation is 1. The van der Waals surface area contributed by atoms with Crippen LogP contribution in [0.3, 0.4) is 0 Å². The van der Waals surface area contributed by atoms with Gasteiger partial charge in [-0.25, -0.2) is 14.5 Å². The predicted molar refractivity (Wildman–Crippen MR) is 127 cm³/mol. The molecule has 5 aromatic rings. The maximum atomic E-state index is 5.90. The predicted octanol–water partition coefficient (Wildman–Crippen LogP) is 4.90. The number of halogens is 1. The highest BCUT2D eigenvalue weighted by molar-refractivity contribution is 6.30. The Labute approximate surface area is 195 Å². The van der Waals surface area contributed by atoms with Gasteiger partial charge in [-0.05, 0) is 49.2 Å². The molecule has 0 aliphatic carbocycles. The van der Waals surface area contributed by atoms with Gasteiger partial charge in [0.25, 0.3) is 0 Å². The maximum Gasteiger partial charge on any atom is 0.192 e. The molecule has 0 spiro atoms. The average Bonchev–Trinajstić information content (AvgIpc) is 3.36. The molecular formula is C24H21ClN6O2. The van der Waals surface area contributed by atoms with Crippen LogP contribution in [0.15, 0.2) is 60.0 Å². The zero-order chi connectivity index (χ0) is 22.9. The summed E-state index contributed by atoms with van der Waals surface area (Å²) in [5.74, 6) is 1.30. The minimum Gasteiger partial charge on any atom is -0.497 e. The summed E-state index contributed by atoms with van der Waals surface area (Å²) in [6.45, 7) is 4.28.